The first-order chi connectivity index (χ1) is 8.31. The molecule has 0 bridgehead atoms. The number of ether oxygens (including phenoxy) is 1. The zero-order valence-electron chi connectivity index (χ0n) is 12.2. The molecule has 0 aliphatic carbocycles. The topological polar surface area (TPSA) is 52.3 Å². The molecule has 0 radical (unpaired) electrons. The zero-order valence-corrected chi connectivity index (χ0v) is 7.18. The third kappa shape index (κ3) is 2.87. The highest BCUT2D eigenvalue weighted by Crippen LogP contribution is 2.02. The van der Waals surface area contributed by atoms with Gasteiger partial charge in [0, 0.05) is 0 Å². The van der Waals surface area contributed by atoms with Crippen molar-refractivity contribution < 1.29 is 16.4 Å². The fourth-order valence-corrected chi connectivity index (χ4v) is 0.833. The Kier molecular flexibility index (Phi) is 1.69. The maximum Gasteiger partial charge on any atom is 0.322 e. The van der Waals surface area contributed by atoms with Gasteiger partial charge in [0.2, 0.25) is 0 Å². The average Bonchev–Trinajstić information content (AvgIpc) is 2.37. The number of carbonyl (C=O) groups excluding carboxylic acids is 1. The number of esters is 1. The number of rotatable bonds is 3. The van der Waals surface area contributed by atoms with Crippen molar-refractivity contribution in [1.29, 1.82) is 0 Å². The van der Waals surface area contributed by atoms with Gasteiger partial charge >= 0.3 is 5.97 Å². The Morgan fingerprint density at radius 3 is 2.77 bits per heavy atom. The van der Waals surface area contributed by atoms with E-state index in [-0.39, 0.29) is 24.1 Å². The molecule has 70 valence electrons. The van der Waals surface area contributed by atoms with Crippen molar-refractivity contribution in [2.24, 2.45) is 5.73 Å². The van der Waals surface area contributed by atoms with E-state index in [0.717, 1.165) is 0 Å². The summed E-state index contributed by atoms with van der Waals surface area (Å²) in [7, 11) is 1.17. The first-order valence-electron chi connectivity index (χ1n) is 6.20. The van der Waals surface area contributed by atoms with Crippen LogP contribution in [0.2, 0.25) is 0 Å². The highest BCUT2D eigenvalue weighted by molar-refractivity contribution is 5.75. The molecule has 0 unspecified atom stereocenters. The van der Waals surface area contributed by atoms with Gasteiger partial charge in [-0.15, -0.1) is 0 Å². The van der Waals surface area contributed by atoms with Crippen LogP contribution >= 0.6 is 0 Å². The van der Waals surface area contributed by atoms with E-state index in [1.807, 2.05) is 0 Å². The first kappa shape index (κ1) is 4.77. The molecule has 1 atom stereocenters. The molecule has 0 saturated heterocycles. The van der Waals surface area contributed by atoms with Crippen molar-refractivity contribution in [3.63, 3.8) is 0 Å². The fraction of sp³-hybridized carbons (Fsp3) is 0.300. The third-order valence-electron chi connectivity index (χ3n) is 1.48. The molecule has 3 heteroatoms. The van der Waals surface area contributed by atoms with Crippen LogP contribution < -0.4 is 5.73 Å². The number of methoxy groups -OCH3 is 1. The van der Waals surface area contributed by atoms with Crippen molar-refractivity contribution in [3.8, 4) is 0 Å². The van der Waals surface area contributed by atoms with Crippen molar-refractivity contribution in [1.82, 2.24) is 0 Å². The lowest BCUT2D eigenvalue weighted by Crippen LogP contribution is -2.33. The molecule has 0 aliphatic rings. The van der Waals surface area contributed by atoms with Gasteiger partial charge in [-0.25, -0.2) is 0 Å². The van der Waals surface area contributed by atoms with E-state index in [0.29, 0.717) is 0 Å². The Balaban J connectivity index is 3.22. The van der Waals surface area contributed by atoms with Gasteiger partial charge in [0.05, 0.1) is 14.0 Å². The molecule has 0 spiro atoms. The highest BCUT2D eigenvalue weighted by atomic mass is 16.5. The van der Waals surface area contributed by atoms with Crippen LogP contribution in [0.5, 0.6) is 0 Å². The van der Waals surface area contributed by atoms with E-state index in [1.165, 1.54) is 7.11 Å². The van der Waals surface area contributed by atoms with Crippen molar-refractivity contribution in [2.75, 3.05) is 7.11 Å². The van der Waals surface area contributed by atoms with Crippen molar-refractivity contribution in [2.45, 2.75) is 12.5 Å². The van der Waals surface area contributed by atoms with Crippen molar-refractivity contribution >= 4 is 5.97 Å². The standard InChI is InChI=1S/C10H13NO2/c1-13-10(12)9(11)7-8-5-3-2-4-6-8/h2-6,9H,7,11H2,1H3/t9-/m1/s1/i2D,3D,4D,5D,6D. The smallest absolute Gasteiger partial charge is 0.322 e. The van der Waals surface area contributed by atoms with Gasteiger partial charge in [0.25, 0.3) is 0 Å². The monoisotopic (exact) mass is 184 g/mol. The normalized spacial score (nSPS) is 17.5. The van der Waals surface area contributed by atoms with E-state index in [2.05, 4.69) is 4.74 Å². The summed E-state index contributed by atoms with van der Waals surface area (Å²) in [6, 6.07) is -3.11. The minimum Gasteiger partial charge on any atom is -0.468 e. The van der Waals surface area contributed by atoms with Crippen LogP contribution in [-0.2, 0) is 16.0 Å². The van der Waals surface area contributed by atoms with E-state index < -0.39 is 30.1 Å². The quantitative estimate of drug-likeness (QED) is 0.704. The molecular weight excluding hydrogens is 166 g/mol. The molecule has 1 aromatic rings. The summed E-state index contributed by atoms with van der Waals surface area (Å²) in [6.45, 7) is 0. The SMILES string of the molecule is [2H]c1c([2H])c([2H])c(C[C@@H](N)C(=O)OC)c([2H])c1[2H]. The summed E-state index contributed by atoms with van der Waals surface area (Å²) in [5.74, 6) is -0.693. The Morgan fingerprint density at radius 1 is 1.62 bits per heavy atom. The Labute approximate surface area is 84.5 Å². The van der Waals surface area contributed by atoms with Crippen LogP contribution in [0.3, 0.4) is 0 Å². The molecule has 0 aromatic heterocycles. The molecule has 1 aromatic carbocycles. The predicted octanol–water partition coefficient (Wildman–Crippen LogP) is 0.729. The zero-order chi connectivity index (χ0) is 14.0. The lowest BCUT2D eigenvalue weighted by molar-refractivity contribution is -0.142. The maximum atomic E-state index is 11.2. The van der Waals surface area contributed by atoms with Crippen molar-refractivity contribution in [3.05, 3.63) is 35.8 Å². The minimum atomic E-state index is -1.06. The van der Waals surface area contributed by atoms with Gasteiger partial charge in [-0.1, -0.05) is 30.2 Å². The van der Waals surface area contributed by atoms with Crippen LogP contribution in [0.1, 0.15) is 12.4 Å². The largest absolute Gasteiger partial charge is 0.468 e. The Morgan fingerprint density at radius 2 is 2.23 bits per heavy atom. The second-order valence-corrected chi connectivity index (χ2v) is 2.44. The van der Waals surface area contributed by atoms with Gasteiger partial charge in [-0.05, 0) is 12.0 Å². The number of hydrogen-bond acceptors (Lipinski definition) is 3. The first-order valence-corrected chi connectivity index (χ1v) is 3.70. The number of benzene rings is 1. The highest BCUT2D eigenvalue weighted by Gasteiger charge is 2.13. The Bertz CT molecular complexity index is 463. The molecule has 0 fully saturated rings. The van der Waals surface area contributed by atoms with E-state index in [9.17, 15) is 4.79 Å². The fourth-order valence-electron chi connectivity index (χ4n) is 0.833. The minimum absolute atomic E-state index is 0.0129. The second-order valence-electron chi connectivity index (χ2n) is 2.44. The molecule has 0 aliphatic heterocycles. The maximum absolute atomic E-state index is 11.2. The van der Waals surface area contributed by atoms with Gasteiger partial charge in [-0.2, -0.15) is 0 Å². The molecule has 1 rings (SSSR count). The molecular formula is C10H13NO2. The third-order valence-corrected chi connectivity index (χ3v) is 1.48. The van der Waals surface area contributed by atoms with Crippen LogP contribution in [0, 0.1) is 0 Å². The lowest BCUT2D eigenvalue weighted by atomic mass is 10.1. The number of nitrogens with two attached hydrogens (primary N) is 1. The average molecular weight is 184 g/mol. The number of carbonyl (C=O) groups is 1. The van der Waals surface area contributed by atoms with Crippen LogP contribution in [0.15, 0.2) is 30.2 Å². The summed E-state index contributed by atoms with van der Waals surface area (Å²) < 4.78 is 42.1. The molecule has 3 nitrogen and oxygen atoms in total. The van der Waals surface area contributed by atoms with E-state index in [1.54, 1.807) is 0 Å². The summed E-state index contributed by atoms with van der Waals surface area (Å²) >= 11 is 0. The molecule has 0 saturated carbocycles. The summed E-state index contributed by atoms with van der Waals surface area (Å²) in [5, 5.41) is 0. The van der Waals surface area contributed by atoms with Gasteiger partial charge in [0.15, 0.2) is 0 Å². The van der Waals surface area contributed by atoms with Gasteiger partial charge < -0.3 is 10.5 Å². The van der Waals surface area contributed by atoms with Crippen LogP contribution in [0.25, 0.3) is 0 Å². The van der Waals surface area contributed by atoms with Crippen LogP contribution in [-0.4, -0.2) is 19.1 Å². The Hall–Kier alpha value is -1.35. The van der Waals surface area contributed by atoms with E-state index >= 15 is 0 Å². The van der Waals surface area contributed by atoms with Crippen LogP contribution in [0.4, 0.5) is 0 Å². The molecule has 0 amide bonds. The molecule has 0 heterocycles. The lowest BCUT2D eigenvalue weighted by Gasteiger charge is -2.08. The predicted molar refractivity (Wildman–Crippen MR) is 50.1 cm³/mol. The second kappa shape index (κ2) is 4.62. The number of hydrogen-bond donors (Lipinski definition) is 1. The van der Waals surface area contributed by atoms with Gasteiger partial charge in [0.1, 0.15) is 6.04 Å². The summed E-state index contributed by atoms with van der Waals surface area (Å²) in [4.78, 5) is 11.2. The summed E-state index contributed by atoms with van der Waals surface area (Å²) in [6.07, 6.45) is -0.164. The molecule has 13 heavy (non-hydrogen) atoms. The molecule has 2 N–H and O–H groups in total. The summed E-state index contributed by atoms with van der Waals surface area (Å²) in [5.41, 5.74) is 5.54. The van der Waals surface area contributed by atoms with E-state index in [4.69, 9.17) is 12.6 Å². The van der Waals surface area contributed by atoms with Gasteiger partial charge in [-0.3, -0.25) is 4.79 Å².